The molecule has 0 saturated carbocycles. The number of ether oxygens (including phenoxy) is 1. The number of benzene rings is 2. The van der Waals surface area contributed by atoms with Crippen molar-refractivity contribution in [3.05, 3.63) is 59.7 Å². The van der Waals surface area contributed by atoms with Gasteiger partial charge in [0.2, 0.25) is 0 Å². The van der Waals surface area contributed by atoms with E-state index in [1.807, 2.05) is 31.2 Å². The highest BCUT2D eigenvalue weighted by atomic mass is 16.5. The van der Waals surface area contributed by atoms with Gasteiger partial charge in [-0.2, -0.15) is 0 Å². The van der Waals surface area contributed by atoms with Gasteiger partial charge in [-0.3, -0.25) is 0 Å². The van der Waals surface area contributed by atoms with Crippen LogP contribution in [0.25, 0.3) is 0 Å². The SMILES string of the molecule is CCc1ccccc1NC(=O)NCC(O)c1ccc(OC)cc1. The van der Waals surface area contributed by atoms with Gasteiger partial charge in [-0.05, 0) is 35.7 Å². The highest BCUT2D eigenvalue weighted by molar-refractivity contribution is 5.90. The van der Waals surface area contributed by atoms with Gasteiger partial charge >= 0.3 is 6.03 Å². The maximum absolute atomic E-state index is 12.0. The molecule has 0 spiro atoms. The van der Waals surface area contributed by atoms with Crippen molar-refractivity contribution in [2.24, 2.45) is 0 Å². The molecule has 5 heteroatoms. The highest BCUT2D eigenvalue weighted by Gasteiger charge is 2.10. The Morgan fingerprint density at radius 1 is 1.17 bits per heavy atom. The van der Waals surface area contributed by atoms with Gasteiger partial charge in [-0.25, -0.2) is 4.79 Å². The third-order valence-electron chi connectivity index (χ3n) is 3.60. The molecule has 2 aromatic rings. The fraction of sp³-hybridized carbons (Fsp3) is 0.278. The summed E-state index contributed by atoms with van der Waals surface area (Å²) in [5.74, 6) is 0.725. The Hall–Kier alpha value is -2.53. The van der Waals surface area contributed by atoms with Gasteiger partial charge in [-0.1, -0.05) is 37.3 Å². The number of aryl methyl sites for hydroxylation is 1. The molecule has 1 unspecified atom stereocenters. The Bertz CT molecular complexity index is 641. The summed E-state index contributed by atoms with van der Waals surface area (Å²) in [5, 5.41) is 15.6. The molecule has 5 nitrogen and oxygen atoms in total. The second-order valence-electron chi connectivity index (χ2n) is 5.13. The number of urea groups is 1. The zero-order valence-electron chi connectivity index (χ0n) is 13.4. The van der Waals surface area contributed by atoms with Crippen LogP contribution in [0.1, 0.15) is 24.2 Å². The lowest BCUT2D eigenvalue weighted by atomic mass is 10.1. The van der Waals surface area contributed by atoms with Crippen molar-refractivity contribution in [2.75, 3.05) is 19.0 Å². The second-order valence-corrected chi connectivity index (χ2v) is 5.13. The van der Waals surface area contributed by atoms with Crippen LogP contribution in [0.3, 0.4) is 0 Å². The second kappa shape index (κ2) is 8.19. The van der Waals surface area contributed by atoms with Crippen LogP contribution in [0.2, 0.25) is 0 Å². The van der Waals surface area contributed by atoms with E-state index in [1.165, 1.54) is 0 Å². The van der Waals surface area contributed by atoms with Crippen LogP contribution in [0.15, 0.2) is 48.5 Å². The van der Waals surface area contributed by atoms with E-state index in [1.54, 1.807) is 31.4 Å². The summed E-state index contributed by atoms with van der Waals surface area (Å²) >= 11 is 0. The summed E-state index contributed by atoms with van der Waals surface area (Å²) in [4.78, 5) is 12.0. The Morgan fingerprint density at radius 3 is 2.52 bits per heavy atom. The van der Waals surface area contributed by atoms with Crippen molar-refractivity contribution in [3.63, 3.8) is 0 Å². The number of methoxy groups -OCH3 is 1. The average molecular weight is 314 g/mol. The number of para-hydroxylation sites is 1. The van der Waals surface area contributed by atoms with Gasteiger partial charge < -0.3 is 20.5 Å². The minimum atomic E-state index is -0.770. The van der Waals surface area contributed by atoms with E-state index >= 15 is 0 Å². The fourth-order valence-electron chi connectivity index (χ4n) is 2.25. The quantitative estimate of drug-likeness (QED) is 0.767. The Balaban J connectivity index is 1.88. The first-order valence-electron chi connectivity index (χ1n) is 7.58. The average Bonchev–Trinajstić information content (AvgIpc) is 2.60. The molecule has 3 N–H and O–H groups in total. The van der Waals surface area contributed by atoms with E-state index in [9.17, 15) is 9.90 Å². The van der Waals surface area contributed by atoms with Crippen LogP contribution in [0, 0.1) is 0 Å². The predicted molar refractivity (Wildman–Crippen MR) is 90.8 cm³/mol. The first kappa shape index (κ1) is 16.8. The molecule has 1 atom stereocenters. The van der Waals surface area contributed by atoms with Gasteiger partial charge in [0, 0.05) is 12.2 Å². The van der Waals surface area contributed by atoms with Crippen molar-refractivity contribution < 1.29 is 14.6 Å². The summed E-state index contributed by atoms with van der Waals surface area (Å²) in [6.45, 7) is 2.16. The summed E-state index contributed by atoms with van der Waals surface area (Å²) < 4.78 is 5.07. The number of nitrogens with one attached hydrogen (secondary N) is 2. The smallest absolute Gasteiger partial charge is 0.319 e. The van der Waals surface area contributed by atoms with Crippen molar-refractivity contribution in [3.8, 4) is 5.75 Å². The number of anilines is 1. The molecular formula is C18H22N2O3. The van der Waals surface area contributed by atoms with Crippen LogP contribution < -0.4 is 15.4 Å². The summed E-state index contributed by atoms with van der Waals surface area (Å²) in [5.41, 5.74) is 2.57. The maximum atomic E-state index is 12.0. The van der Waals surface area contributed by atoms with Crippen molar-refractivity contribution in [1.29, 1.82) is 0 Å². The molecule has 23 heavy (non-hydrogen) atoms. The van der Waals surface area contributed by atoms with E-state index < -0.39 is 6.10 Å². The lowest BCUT2D eigenvalue weighted by Crippen LogP contribution is -2.32. The molecule has 0 radical (unpaired) electrons. The van der Waals surface area contributed by atoms with Crippen LogP contribution in [-0.4, -0.2) is 24.8 Å². The maximum Gasteiger partial charge on any atom is 0.319 e. The number of carbonyl (C=O) groups excluding carboxylic acids is 1. The number of aliphatic hydroxyl groups is 1. The molecule has 2 aromatic carbocycles. The van der Waals surface area contributed by atoms with Crippen LogP contribution >= 0.6 is 0 Å². The van der Waals surface area contributed by atoms with E-state index in [0.29, 0.717) is 0 Å². The first-order chi connectivity index (χ1) is 11.1. The summed E-state index contributed by atoms with van der Waals surface area (Å²) in [6.07, 6.45) is 0.0679. The number of aliphatic hydroxyl groups excluding tert-OH is 1. The molecule has 0 heterocycles. The normalized spacial score (nSPS) is 11.6. The van der Waals surface area contributed by atoms with Crippen LogP contribution in [-0.2, 0) is 6.42 Å². The van der Waals surface area contributed by atoms with Gasteiger partial charge in [0.25, 0.3) is 0 Å². The number of hydrogen-bond donors (Lipinski definition) is 3. The minimum Gasteiger partial charge on any atom is -0.497 e. The van der Waals surface area contributed by atoms with Crippen LogP contribution in [0.4, 0.5) is 10.5 Å². The Labute approximate surface area is 136 Å². The molecule has 0 aromatic heterocycles. The molecule has 0 aliphatic carbocycles. The molecule has 0 bridgehead atoms. The molecule has 0 aliphatic rings. The van der Waals surface area contributed by atoms with Crippen LogP contribution in [0.5, 0.6) is 5.75 Å². The zero-order valence-corrected chi connectivity index (χ0v) is 13.4. The third-order valence-corrected chi connectivity index (χ3v) is 3.60. The van der Waals surface area contributed by atoms with E-state index in [4.69, 9.17) is 4.74 Å². The van der Waals surface area contributed by atoms with Crippen molar-refractivity contribution >= 4 is 11.7 Å². The molecule has 2 amide bonds. The largest absolute Gasteiger partial charge is 0.497 e. The molecule has 2 rings (SSSR count). The van der Waals surface area contributed by atoms with Gasteiger partial charge in [0.1, 0.15) is 5.75 Å². The number of amides is 2. The van der Waals surface area contributed by atoms with E-state index in [-0.39, 0.29) is 12.6 Å². The van der Waals surface area contributed by atoms with Gasteiger partial charge in [-0.15, -0.1) is 0 Å². The van der Waals surface area contributed by atoms with E-state index in [0.717, 1.165) is 29.0 Å². The van der Waals surface area contributed by atoms with Crippen molar-refractivity contribution in [2.45, 2.75) is 19.4 Å². The van der Waals surface area contributed by atoms with Gasteiger partial charge in [0.05, 0.1) is 13.2 Å². The number of rotatable bonds is 6. The monoisotopic (exact) mass is 314 g/mol. The molecule has 122 valence electrons. The molecule has 0 aliphatic heterocycles. The zero-order chi connectivity index (χ0) is 16.7. The number of hydrogen-bond acceptors (Lipinski definition) is 3. The molecular weight excluding hydrogens is 292 g/mol. The lowest BCUT2D eigenvalue weighted by Gasteiger charge is -2.14. The van der Waals surface area contributed by atoms with Crippen molar-refractivity contribution in [1.82, 2.24) is 5.32 Å². The highest BCUT2D eigenvalue weighted by Crippen LogP contribution is 2.17. The summed E-state index contributed by atoms with van der Waals surface area (Å²) in [6, 6.07) is 14.4. The predicted octanol–water partition coefficient (Wildman–Crippen LogP) is 3.11. The third kappa shape index (κ3) is 4.72. The standard InChI is InChI=1S/C18H22N2O3/c1-3-13-6-4-5-7-16(13)20-18(22)19-12-17(21)14-8-10-15(23-2)11-9-14/h4-11,17,21H,3,12H2,1-2H3,(H2,19,20,22). The first-order valence-corrected chi connectivity index (χ1v) is 7.58. The summed E-state index contributed by atoms with van der Waals surface area (Å²) in [7, 11) is 1.59. The minimum absolute atomic E-state index is 0.131. The molecule has 0 fully saturated rings. The lowest BCUT2D eigenvalue weighted by molar-refractivity contribution is 0.175. The number of carbonyl (C=O) groups is 1. The Morgan fingerprint density at radius 2 is 1.87 bits per heavy atom. The molecule has 0 saturated heterocycles. The van der Waals surface area contributed by atoms with E-state index in [2.05, 4.69) is 10.6 Å². The fourth-order valence-corrected chi connectivity index (χ4v) is 2.25. The topological polar surface area (TPSA) is 70.6 Å². The van der Waals surface area contributed by atoms with Gasteiger partial charge in [0.15, 0.2) is 0 Å². The Kier molecular flexibility index (Phi) is 6.00.